The maximum atomic E-state index is 12.4. The molecule has 1 aliphatic carbocycles. The Hall–Kier alpha value is -1.06. The van der Waals surface area contributed by atoms with Crippen molar-refractivity contribution in [3.8, 4) is 0 Å². The maximum Gasteiger partial charge on any atom is 0.310 e. The average Bonchev–Trinajstić information content (AvgIpc) is 2.85. The Morgan fingerprint density at radius 1 is 1.26 bits per heavy atom. The summed E-state index contributed by atoms with van der Waals surface area (Å²) in [7, 11) is 0. The monoisotopic (exact) mass is 269 g/mol. The number of aliphatic carboxylic acids is 1. The number of rotatable bonds is 7. The largest absolute Gasteiger partial charge is 0.481 e. The zero-order valence-corrected chi connectivity index (χ0v) is 12.4. The van der Waals surface area contributed by atoms with Gasteiger partial charge in [0.25, 0.3) is 0 Å². The molecule has 0 aromatic heterocycles. The van der Waals surface area contributed by atoms with E-state index in [9.17, 15) is 14.7 Å². The van der Waals surface area contributed by atoms with Crippen molar-refractivity contribution in [2.24, 2.45) is 11.3 Å². The molecule has 0 aromatic rings. The van der Waals surface area contributed by atoms with Gasteiger partial charge in [0.05, 0.1) is 5.41 Å². The average molecular weight is 269 g/mol. The minimum absolute atomic E-state index is 0.00657. The van der Waals surface area contributed by atoms with Crippen LogP contribution in [0.25, 0.3) is 0 Å². The molecule has 0 saturated heterocycles. The molecule has 4 nitrogen and oxygen atoms in total. The fourth-order valence-corrected chi connectivity index (χ4v) is 2.83. The maximum absolute atomic E-state index is 12.4. The van der Waals surface area contributed by atoms with Crippen LogP contribution in [0.3, 0.4) is 0 Å². The number of amides is 1. The molecule has 0 radical (unpaired) electrons. The van der Waals surface area contributed by atoms with E-state index in [1.807, 2.05) is 11.8 Å². The van der Waals surface area contributed by atoms with E-state index >= 15 is 0 Å². The van der Waals surface area contributed by atoms with E-state index in [1.165, 1.54) is 0 Å². The van der Waals surface area contributed by atoms with Crippen molar-refractivity contribution in [2.45, 2.75) is 59.3 Å². The van der Waals surface area contributed by atoms with E-state index in [-0.39, 0.29) is 12.3 Å². The van der Waals surface area contributed by atoms with Crippen LogP contribution < -0.4 is 0 Å². The van der Waals surface area contributed by atoms with E-state index in [4.69, 9.17) is 0 Å². The van der Waals surface area contributed by atoms with Gasteiger partial charge in [0, 0.05) is 19.5 Å². The topological polar surface area (TPSA) is 57.6 Å². The number of carbonyl (C=O) groups is 2. The van der Waals surface area contributed by atoms with Gasteiger partial charge in [-0.1, -0.05) is 33.1 Å². The van der Waals surface area contributed by atoms with Crippen LogP contribution in [0.4, 0.5) is 0 Å². The van der Waals surface area contributed by atoms with Gasteiger partial charge in [0.15, 0.2) is 0 Å². The molecule has 0 bridgehead atoms. The highest BCUT2D eigenvalue weighted by molar-refractivity contribution is 5.85. The van der Waals surface area contributed by atoms with Gasteiger partial charge in [0.2, 0.25) is 5.91 Å². The molecular weight excluding hydrogens is 242 g/mol. The van der Waals surface area contributed by atoms with Gasteiger partial charge in [0.1, 0.15) is 0 Å². The lowest BCUT2D eigenvalue weighted by atomic mass is 9.82. The summed E-state index contributed by atoms with van der Waals surface area (Å²) in [5.41, 5.74) is -0.792. The first-order valence-corrected chi connectivity index (χ1v) is 7.46. The number of hydrogen-bond acceptors (Lipinski definition) is 2. The van der Waals surface area contributed by atoms with E-state index in [2.05, 4.69) is 13.8 Å². The second-order valence-electron chi connectivity index (χ2n) is 5.92. The molecule has 1 amide bonds. The predicted octanol–water partition coefficient (Wildman–Crippen LogP) is 2.92. The van der Waals surface area contributed by atoms with Crippen molar-refractivity contribution >= 4 is 11.9 Å². The lowest BCUT2D eigenvalue weighted by Crippen LogP contribution is -2.40. The molecule has 1 N–H and O–H groups in total. The standard InChI is InChI=1S/C15H27NO3/c1-4-12(3)11-16(5-2)13(17)10-15(14(18)19)8-6-7-9-15/h12H,4-11H2,1-3H3,(H,18,19). The van der Waals surface area contributed by atoms with Gasteiger partial charge >= 0.3 is 5.97 Å². The minimum Gasteiger partial charge on any atom is -0.481 e. The van der Waals surface area contributed by atoms with Crippen LogP contribution in [0.1, 0.15) is 59.3 Å². The van der Waals surface area contributed by atoms with Crippen molar-refractivity contribution in [2.75, 3.05) is 13.1 Å². The Bertz CT molecular complexity index is 321. The summed E-state index contributed by atoms with van der Waals surface area (Å²) >= 11 is 0. The molecule has 1 aliphatic rings. The lowest BCUT2D eigenvalue weighted by molar-refractivity contribution is -0.153. The summed E-state index contributed by atoms with van der Waals surface area (Å²) in [4.78, 5) is 25.6. The van der Waals surface area contributed by atoms with E-state index < -0.39 is 11.4 Å². The molecule has 1 rings (SSSR count). The smallest absolute Gasteiger partial charge is 0.310 e. The lowest BCUT2D eigenvalue weighted by Gasteiger charge is -2.29. The van der Waals surface area contributed by atoms with Crippen LogP contribution in [0.5, 0.6) is 0 Å². The fourth-order valence-electron chi connectivity index (χ4n) is 2.83. The van der Waals surface area contributed by atoms with Gasteiger partial charge in [-0.15, -0.1) is 0 Å². The quantitative estimate of drug-likeness (QED) is 0.773. The molecular formula is C15H27NO3. The Labute approximate surface area is 116 Å². The fraction of sp³-hybridized carbons (Fsp3) is 0.867. The normalized spacial score (nSPS) is 19.1. The van der Waals surface area contributed by atoms with E-state index in [0.717, 1.165) is 25.8 Å². The summed E-state index contributed by atoms with van der Waals surface area (Å²) in [6.07, 6.45) is 4.36. The third-order valence-corrected chi connectivity index (χ3v) is 4.47. The van der Waals surface area contributed by atoms with Crippen LogP contribution >= 0.6 is 0 Å². The van der Waals surface area contributed by atoms with Crippen molar-refractivity contribution in [1.29, 1.82) is 0 Å². The Kier molecular flexibility index (Phi) is 5.83. The summed E-state index contributed by atoms with van der Waals surface area (Å²) in [6.45, 7) is 7.60. The van der Waals surface area contributed by atoms with Gasteiger partial charge in [-0.25, -0.2) is 0 Å². The summed E-state index contributed by atoms with van der Waals surface area (Å²) in [6, 6.07) is 0. The Morgan fingerprint density at radius 2 is 1.84 bits per heavy atom. The zero-order chi connectivity index (χ0) is 14.5. The summed E-state index contributed by atoms with van der Waals surface area (Å²) < 4.78 is 0. The first-order valence-electron chi connectivity index (χ1n) is 7.46. The summed E-state index contributed by atoms with van der Waals surface area (Å²) in [5.74, 6) is -0.321. The minimum atomic E-state index is -0.794. The molecule has 19 heavy (non-hydrogen) atoms. The Balaban J connectivity index is 2.67. The number of hydrogen-bond donors (Lipinski definition) is 1. The number of carbonyl (C=O) groups excluding carboxylic acids is 1. The highest BCUT2D eigenvalue weighted by Gasteiger charge is 2.43. The van der Waals surface area contributed by atoms with Crippen molar-refractivity contribution < 1.29 is 14.7 Å². The molecule has 4 heteroatoms. The first kappa shape index (κ1) is 16.0. The predicted molar refractivity (Wildman–Crippen MR) is 74.9 cm³/mol. The molecule has 0 spiro atoms. The molecule has 1 fully saturated rings. The highest BCUT2D eigenvalue weighted by atomic mass is 16.4. The molecule has 1 unspecified atom stereocenters. The third-order valence-electron chi connectivity index (χ3n) is 4.47. The number of nitrogens with zero attached hydrogens (tertiary/aromatic N) is 1. The second-order valence-corrected chi connectivity index (χ2v) is 5.92. The van der Waals surface area contributed by atoms with Crippen LogP contribution in [-0.4, -0.2) is 35.0 Å². The van der Waals surface area contributed by atoms with Crippen LogP contribution in [-0.2, 0) is 9.59 Å². The second kappa shape index (κ2) is 6.92. The first-order chi connectivity index (χ1) is 8.95. The van der Waals surface area contributed by atoms with Crippen molar-refractivity contribution in [3.05, 3.63) is 0 Å². The summed E-state index contributed by atoms with van der Waals surface area (Å²) in [5, 5.41) is 9.42. The van der Waals surface area contributed by atoms with Gasteiger partial charge in [-0.3, -0.25) is 9.59 Å². The third kappa shape index (κ3) is 3.95. The van der Waals surface area contributed by atoms with Crippen LogP contribution in [0, 0.1) is 11.3 Å². The van der Waals surface area contributed by atoms with Gasteiger partial charge < -0.3 is 10.0 Å². The van der Waals surface area contributed by atoms with Crippen molar-refractivity contribution in [3.63, 3.8) is 0 Å². The SMILES string of the molecule is CCC(C)CN(CC)C(=O)CC1(C(=O)O)CCCC1. The number of carboxylic acids is 1. The molecule has 1 atom stereocenters. The van der Waals surface area contributed by atoms with Gasteiger partial charge in [-0.05, 0) is 25.7 Å². The van der Waals surface area contributed by atoms with Crippen LogP contribution in [0.2, 0.25) is 0 Å². The molecule has 110 valence electrons. The van der Waals surface area contributed by atoms with Gasteiger partial charge in [-0.2, -0.15) is 0 Å². The van der Waals surface area contributed by atoms with E-state index in [0.29, 0.717) is 25.3 Å². The van der Waals surface area contributed by atoms with E-state index in [1.54, 1.807) is 0 Å². The molecule has 0 heterocycles. The zero-order valence-electron chi connectivity index (χ0n) is 12.4. The van der Waals surface area contributed by atoms with Crippen molar-refractivity contribution in [1.82, 2.24) is 4.90 Å². The highest BCUT2D eigenvalue weighted by Crippen LogP contribution is 2.41. The van der Waals surface area contributed by atoms with Crippen LogP contribution in [0.15, 0.2) is 0 Å². The molecule has 0 aliphatic heterocycles. The molecule has 0 aromatic carbocycles. The molecule has 1 saturated carbocycles. The number of carboxylic acid groups (broad SMARTS) is 1. The Morgan fingerprint density at radius 3 is 2.26 bits per heavy atom.